The first-order chi connectivity index (χ1) is 10.2. The Morgan fingerprint density at radius 3 is 2.81 bits per heavy atom. The van der Waals surface area contributed by atoms with E-state index in [-0.39, 0.29) is 11.7 Å². The van der Waals surface area contributed by atoms with Crippen LogP contribution in [0.4, 0.5) is 0 Å². The lowest BCUT2D eigenvalue weighted by Gasteiger charge is -2.24. The van der Waals surface area contributed by atoms with Crippen molar-refractivity contribution in [2.75, 3.05) is 6.61 Å². The number of rotatable bonds is 5. The highest BCUT2D eigenvalue weighted by Gasteiger charge is 2.42. The van der Waals surface area contributed by atoms with Crippen molar-refractivity contribution < 1.29 is 14.6 Å². The number of aliphatic hydroxyl groups is 1. The summed E-state index contributed by atoms with van der Waals surface area (Å²) in [6.07, 6.45) is 7.77. The molecule has 21 heavy (non-hydrogen) atoms. The van der Waals surface area contributed by atoms with Gasteiger partial charge in [0.15, 0.2) is 0 Å². The zero-order chi connectivity index (χ0) is 14.7. The second-order valence-electron chi connectivity index (χ2n) is 6.44. The molecule has 1 spiro atoms. The minimum Gasteiger partial charge on any atom is -0.490 e. The molecule has 1 saturated heterocycles. The largest absolute Gasteiger partial charge is 0.490 e. The van der Waals surface area contributed by atoms with Gasteiger partial charge < -0.3 is 14.6 Å². The number of hydrogen-bond donors (Lipinski definition) is 1. The van der Waals surface area contributed by atoms with Crippen molar-refractivity contribution in [3.8, 4) is 5.75 Å². The van der Waals surface area contributed by atoms with E-state index in [1.807, 2.05) is 31.2 Å². The van der Waals surface area contributed by atoms with E-state index < -0.39 is 6.10 Å². The molecule has 2 fully saturated rings. The molecule has 1 saturated carbocycles. The predicted molar refractivity (Wildman–Crippen MR) is 82.5 cm³/mol. The maximum absolute atomic E-state index is 10.1. The van der Waals surface area contributed by atoms with Gasteiger partial charge in [0.1, 0.15) is 12.4 Å². The molecule has 1 aliphatic carbocycles. The summed E-state index contributed by atoms with van der Waals surface area (Å²) in [4.78, 5) is 0. The molecule has 1 N–H and O–H groups in total. The third-order valence-electron chi connectivity index (χ3n) is 4.94. The summed E-state index contributed by atoms with van der Waals surface area (Å²) < 4.78 is 12.2. The molecule has 2 aliphatic rings. The zero-order valence-corrected chi connectivity index (χ0v) is 12.9. The Kier molecular flexibility index (Phi) is 4.51. The fourth-order valence-electron chi connectivity index (χ4n) is 3.69. The van der Waals surface area contributed by atoms with E-state index in [0.29, 0.717) is 13.0 Å². The lowest BCUT2D eigenvalue weighted by Crippen LogP contribution is -2.27. The molecule has 1 heterocycles. The fraction of sp³-hybridized carbons (Fsp3) is 0.667. The van der Waals surface area contributed by atoms with Crippen LogP contribution < -0.4 is 4.74 Å². The van der Waals surface area contributed by atoms with Crippen LogP contribution >= 0.6 is 0 Å². The van der Waals surface area contributed by atoms with Crippen LogP contribution in [0.25, 0.3) is 0 Å². The summed E-state index contributed by atoms with van der Waals surface area (Å²) in [6.45, 7) is 2.57. The van der Waals surface area contributed by atoms with Gasteiger partial charge in [0.05, 0.1) is 17.8 Å². The summed E-state index contributed by atoms with van der Waals surface area (Å²) in [5.41, 5.74) is 1.05. The highest BCUT2D eigenvalue weighted by atomic mass is 16.6. The van der Waals surface area contributed by atoms with E-state index in [4.69, 9.17) is 9.47 Å². The zero-order valence-electron chi connectivity index (χ0n) is 12.9. The van der Waals surface area contributed by atoms with E-state index >= 15 is 0 Å². The molecule has 2 unspecified atom stereocenters. The fourth-order valence-corrected chi connectivity index (χ4v) is 3.69. The molecule has 2 atom stereocenters. The highest BCUT2D eigenvalue weighted by molar-refractivity contribution is 5.35. The van der Waals surface area contributed by atoms with Crippen LogP contribution in [-0.2, 0) is 4.74 Å². The molecular formula is C18H26O3. The molecule has 1 aromatic carbocycles. The first kappa shape index (κ1) is 14.9. The van der Waals surface area contributed by atoms with Gasteiger partial charge in [-0.05, 0) is 38.2 Å². The third kappa shape index (κ3) is 3.24. The van der Waals surface area contributed by atoms with Crippen molar-refractivity contribution in [2.45, 2.75) is 69.7 Å². The molecule has 0 radical (unpaired) electrons. The molecule has 0 bridgehead atoms. The minimum atomic E-state index is -0.452. The highest BCUT2D eigenvalue weighted by Crippen LogP contribution is 2.43. The van der Waals surface area contributed by atoms with E-state index in [2.05, 4.69) is 0 Å². The van der Waals surface area contributed by atoms with Crippen LogP contribution in [0.3, 0.4) is 0 Å². The minimum absolute atomic E-state index is 0.163. The number of hydrogen-bond acceptors (Lipinski definition) is 3. The quantitative estimate of drug-likeness (QED) is 0.890. The van der Waals surface area contributed by atoms with Crippen LogP contribution in [-0.4, -0.2) is 23.4 Å². The first-order valence-corrected chi connectivity index (χ1v) is 8.30. The first-order valence-electron chi connectivity index (χ1n) is 8.30. The van der Waals surface area contributed by atoms with Crippen molar-refractivity contribution in [3.05, 3.63) is 29.8 Å². The predicted octanol–water partition coefficient (Wildman–Crippen LogP) is 4.00. The SMILES string of the molecule is CCC(O)c1ccccc1OCC1CCC2(CCCC2)O1. The van der Waals surface area contributed by atoms with Gasteiger partial charge in [0.25, 0.3) is 0 Å². The van der Waals surface area contributed by atoms with E-state index in [9.17, 15) is 5.11 Å². The summed E-state index contributed by atoms with van der Waals surface area (Å²) >= 11 is 0. The number of ether oxygens (including phenoxy) is 2. The average molecular weight is 290 g/mol. The van der Waals surface area contributed by atoms with Gasteiger partial charge >= 0.3 is 0 Å². The number of benzene rings is 1. The van der Waals surface area contributed by atoms with Gasteiger partial charge in [-0.25, -0.2) is 0 Å². The second kappa shape index (κ2) is 6.37. The lowest BCUT2D eigenvalue weighted by atomic mass is 9.98. The summed E-state index contributed by atoms with van der Waals surface area (Å²) in [6, 6.07) is 7.78. The molecule has 1 aliphatic heterocycles. The molecule has 3 heteroatoms. The van der Waals surface area contributed by atoms with Crippen molar-refractivity contribution in [3.63, 3.8) is 0 Å². The molecular weight excluding hydrogens is 264 g/mol. The van der Waals surface area contributed by atoms with Gasteiger partial charge in [-0.1, -0.05) is 38.0 Å². The Labute approximate surface area is 127 Å². The number of aliphatic hydroxyl groups excluding tert-OH is 1. The topological polar surface area (TPSA) is 38.7 Å². The van der Waals surface area contributed by atoms with Gasteiger partial charge in [-0.2, -0.15) is 0 Å². The normalized spacial score (nSPS) is 25.3. The Morgan fingerprint density at radius 1 is 1.29 bits per heavy atom. The van der Waals surface area contributed by atoms with E-state index in [1.54, 1.807) is 0 Å². The van der Waals surface area contributed by atoms with Gasteiger partial charge in [-0.15, -0.1) is 0 Å². The van der Waals surface area contributed by atoms with Crippen LogP contribution in [0.15, 0.2) is 24.3 Å². The molecule has 1 aromatic rings. The van der Waals surface area contributed by atoms with Crippen LogP contribution in [0.2, 0.25) is 0 Å². The Morgan fingerprint density at radius 2 is 2.05 bits per heavy atom. The third-order valence-corrected chi connectivity index (χ3v) is 4.94. The maximum atomic E-state index is 10.1. The monoisotopic (exact) mass is 290 g/mol. The second-order valence-corrected chi connectivity index (χ2v) is 6.44. The Hall–Kier alpha value is -1.06. The Balaban J connectivity index is 1.58. The molecule has 0 amide bonds. The van der Waals surface area contributed by atoms with Gasteiger partial charge in [0.2, 0.25) is 0 Å². The summed E-state index contributed by atoms with van der Waals surface area (Å²) in [5, 5.41) is 10.1. The van der Waals surface area contributed by atoms with Gasteiger partial charge in [0, 0.05) is 5.56 Å². The molecule has 0 aromatic heterocycles. The molecule has 3 nitrogen and oxygen atoms in total. The average Bonchev–Trinajstić information content (AvgIpc) is 3.15. The van der Waals surface area contributed by atoms with Crippen molar-refractivity contribution in [1.29, 1.82) is 0 Å². The Bertz CT molecular complexity index is 465. The maximum Gasteiger partial charge on any atom is 0.125 e. The summed E-state index contributed by atoms with van der Waals surface area (Å²) in [5.74, 6) is 0.794. The van der Waals surface area contributed by atoms with Crippen molar-refractivity contribution in [2.24, 2.45) is 0 Å². The van der Waals surface area contributed by atoms with Crippen molar-refractivity contribution >= 4 is 0 Å². The van der Waals surface area contributed by atoms with E-state index in [0.717, 1.165) is 17.7 Å². The van der Waals surface area contributed by atoms with Crippen LogP contribution in [0, 0.1) is 0 Å². The molecule has 3 rings (SSSR count). The number of para-hydroxylation sites is 1. The van der Waals surface area contributed by atoms with Gasteiger partial charge in [-0.3, -0.25) is 0 Å². The molecule has 116 valence electrons. The van der Waals surface area contributed by atoms with Crippen LogP contribution in [0.5, 0.6) is 5.75 Å². The van der Waals surface area contributed by atoms with Crippen LogP contribution in [0.1, 0.15) is 63.5 Å². The smallest absolute Gasteiger partial charge is 0.125 e. The standard InChI is InChI=1S/C18H26O3/c1-2-16(19)15-7-3-4-8-17(15)20-13-14-9-12-18(21-14)10-5-6-11-18/h3-4,7-8,14,16,19H,2,5-6,9-13H2,1H3. The summed E-state index contributed by atoms with van der Waals surface area (Å²) in [7, 11) is 0. The van der Waals surface area contributed by atoms with E-state index in [1.165, 1.54) is 32.1 Å². The lowest BCUT2D eigenvalue weighted by molar-refractivity contribution is -0.0511. The van der Waals surface area contributed by atoms with Crippen molar-refractivity contribution in [1.82, 2.24) is 0 Å².